The summed E-state index contributed by atoms with van der Waals surface area (Å²) in [6.45, 7) is 2.55. The summed E-state index contributed by atoms with van der Waals surface area (Å²) in [5.74, 6) is 0.508. The van der Waals surface area contributed by atoms with Gasteiger partial charge in [-0.1, -0.05) is 17.7 Å². The number of aromatic amines is 1. The van der Waals surface area contributed by atoms with Crippen LogP contribution in [0.15, 0.2) is 53.6 Å². The Balaban J connectivity index is 1.61. The van der Waals surface area contributed by atoms with Crippen LogP contribution in [0, 0.1) is 17.0 Å². The lowest BCUT2D eigenvalue weighted by molar-refractivity contribution is -0.384. The fraction of sp³-hybridized carbons (Fsp3) is 0.167. The minimum absolute atomic E-state index is 0.0314. The van der Waals surface area contributed by atoms with Gasteiger partial charge in [0.1, 0.15) is 0 Å². The molecule has 7 heteroatoms. The van der Waals surface area contributed by atoms with E-state index in [-0.39, 0.29) is 11.6 Å². The third kappa shape index (κ3) is 4.00. The van der Waals surface area contributed by atoms with Crippen molar-refractivity contribution < 1.29 is 9.72 Å². The second kappa shape index (κ2) is 7.40. The number of aromatic nitrogens is 1. The monoisotopic (exact) mass is 355 g/mol. The van der Waals surface area contributed by atoms with E-state index in [2.05, 4.69) is 34.6 Å². The zero-order chi connectivity index (χ0) is 17.8. The van der Waals surface area contributed by atoms with Gasteiger partial charge in [0, 0.05) is 46.4 Å². The van der Waals surface area contributed by atoms with Crippen LogP contribution in [0.25, 0.3) is 10.9 Å². The maximum Gasteiger partial charge on any atom is 0.270 e. The van der Waals surface area contributed by atoms with E-state index in [0.717, 1.165) is 10.6 Å². The number of nitro groups is 1. The highest BCUT2D eigenvalue weighted by Crippen LogP contribution is 2.23. The number of nitro benzene ring substituents is 1. The zero-order valence-corrected chi connectivity index (χ0v) is 14.4. The first-order chi connectivity index (χ1) is 12.0. The predicted octanol–water partition coefficient (Wildman–Crippen LogP) is 3.91. The second-order valence-corrected chi connectivity index (χ2v) is 6.78. The Morgan fingerprint density at radius 1 is 1.24 bits per heavy atom. The largest absolute Gasteiger partial charge is 0.360 e. The van der Waals surface area contributed by atoms with Gasteiger partial charge in [0.05, 0.1) is 10.5 Å². The lowest BCUT2D eigenvalue weighted by Gasteiger charge is -2.05. The second-order valence-electron chi connectivity index (χ2n) is 5.61. The summed E-state index contributed by atoms with van der Waals surface area (Å²) in [5, 5.41) is 14.3. The molecular weight excluding hydrogens is 338 g/mol. The molecule has 1 aromatic heterocycles. The van der Waals surface area contributed by atoms with Gasteiger partial charge in [0.2, 0.25) is 0 Å². The van der Waals surface area contributed by atoms with Gasteiger partial charge < -0.3 is 10.3 Å². The van der Waals surface area contributed by atoms with Crippen LogP contribution in [0.5, 0.6) is 0 Å². The molecular formula is C18H17N3O3S. The Bertz CT molecular complexity index is 919. The maximum absolute atomic E-state index is 12.3. The lowest BCUT2D eigenvalue weighted by atomic mass is 10.1. The van der Waals surface area contributed by atoms with E-state index in [1.54, 1.807) is 24.0 Å². The Labute approximate surface area is 148 Å². The summed E-state index contributed by atoms with van der Waals surface area (Å²) in [6, 6.07) is 12.7. The number of non-ortho nitro benzene ring substituents is 1. The molecule has 0 saturated heterocycles. The average molecular weight is 355 g/mol. The van der Waals surface area contributed by atoms with E-state index in [1.165, 1.54) is 17.7 Å². The number of amides is 1. The van der Waals surface area contributed by atoms with Crippen LogP contribution in [0.1, 0.15) is 15.9 Å². The summed E-state index contributed by atoms with van der Waals surface area (Å²) < 4.78 is 0. The zero-order valence-electron chi connectivity index (χ0n) is 13.6. The molecule has 0 fully saturated rings. The summed E-state index contributed by atoms with van der Waals surface area (Å²) in [7, 11) is 0. The van der Waals surface area contributed by atoms with Crippen molar-refractivity contribution >= 4 is 34.3 Å². The fourth-order valence-corrected chi connectivity index (χ4v) is 3.24. The molecule has 1 heterocycles. The van der Waals surface area contributed by atoms with E-state index in [4.69, 9.17) is 0 Å². The van der Waals surface area contributed by atoms with Gasteiger partial charge in [-0.25, -0.2) is 0 Å². The summed E-state index contributed by atoms with van der Waals surface area (Å²) in [5.41, 5.74) is 2.30. The first kappa shape index (κ1) is 17.0. The number of benzene rings is 2. The van der Waals surface area contributed by atoms with E-state index in [9.17, 15) is 14.9 Å². The van der Waals surface area contributed by atoms with Crippen LogP contribution < -0.4 is 5.32 Å². The van der Waals surface area contributed by atoms with Gasteiger partial charge in [0.25, 0.3) is 11.6 Å². The number of rotatable bonds is 6. The maximum atomic E-state index is 12.3. The number of hydrogen-bond acceptors (Lipinski definition) is 4. The third-order valence-electron chi connectivity index (χ3n) is 3.80. The number of fused-ring (bicyclic) bond motifs is 1. The number of nitrogens with zero attached hydrogens (tertiary/aromatic N) is 1. The topological polar surface area (TPSA) is 88.0 Å². The predicted molar refractivity (Wildman–Crippen MR) is 99.2 cm³/mol. The van der Waals surface area contributed by atoms with E-state index in [1.807, 2.05) is 6.92 Å². The first-order valence-electron chi connectivity index (χ1n) is 7.78. The van der Waals surface area contributed by atoms with Crippen molar-refractivity contribution in [1.82, 2.24) is 10.3 Å². The highest BCUT2D eigenvalue weighted by atomic mass is 32.2. The normalized spacial score (nSPS) is 10.8. The van der Waals surface area contributed by atoms with Crippen molar-refractivity contribution in [3.8, 4) is 0 Å². The molecule has 2 aromatic carbocycles. The third-order valence-corrected chi connectivity index (χ3v) is 4.81. The van der Waals surface area contributed by atoms with Crippen LogP contribution in [0.3, 0.4) is 0 Å². The molecule has 0 aliphatic carbocycles. The molecule has 0 bridgehead atoms. The number of thioether (sulfide) groups is 1. The van der Waals surface area contributed by atoms with E-state index < -0.39 is 4.92 Å². The van der Waals surface area contributed by atoms with Crippen molar-refractivity contribution in [1.29, 1.82) is 0 Å². The van der Waals surface area contributed by atoms with Crippen LogP contribution in [0.4, 0.5) is 5.69 Å². The molecule has 0 aliphatic heterocycles. The number of nitrogens with one attached hydrogen (secondary N) is 2. The highest BCUT2D eigenvalue weighted by Gasteiger charge is 2.15. The van der Waals surface area contributed by atoms with Crippen LogP contribution in [-0.4, -0.2) is 28.1 Å². The van der Waals surface area contributed by atoms with E-state index in [0.29, 0.717) is 23.0 Å². The number of aryl methyl sites for hydroxylation is 1. The quantitative estimate of drug-likeness (QED) is 0.304. The first-order valence-corrected chi connectivity index (χ1v) is 8.76. The van der Waals surface area contributed by atoms with Crippen LogP contribution >= 0.6 is 11.8 Å². The van der Waals surface area contributed by atoms with Crippen LogP contribution in [-0.2, 0) is 0 Å². The Hall–Kier alpha value is -2.80. The molecule has 0 saturated carbocycles. The average Bonchev–Trinajstić information content (AvgIpc) is 3.03. The molecule has 0 spiro atoms. The Kier molecular flexibility index (Phi) is 5.04. The molecule has 0 unspecified atom stereocenters. The van der Waals surface area contributed by atoms with Gasteiger partial charge in [-0.05, 0) is 25.1 Å². The Morgan fingerprint density at radius 2 is 2.00 bits per heavy atom. The molecule has 128 valence electrons. The van der Waals surface area contributed by atoms with Crippen molar-refractivity contribution in [3.63, 3.8) is 0 Å². The summed E-state index contributed by atoms with van der Waals surface area (Å²) in [4.78, 5) is 26.9. The molecule has 0 radical (unpaired) electrons. The van der Waals surface area contributed by atoms with Gasteiger partial charge in [-0.15, -0.1) is 11.8 Å². The molecule has 3 rings (SSSR count). The van der Waals surface area contributed by atoms with Crippen molar-refractivity contribution in [3.05, 3.63) is 69.9 Å². The van der Waals surface area contributed by atoms with Gasteiger partial charge in [-0.2, -0.15) is 0 Å². The summed E-state index contributed by atoms with van der Waals surface area (Å²) in [6.07, 6.45) is 1.58. The van der Waals surface area contributed by atoms with Crippen molar-refractivity contribution in [2.45, 2.75) is 11.8 Å². The molecule has 1 amide bonds. The molecule has 25 heavy (non-hydrogen) atoms. The molecule has 3 aromatic rings. The molecule has 0 atom stereocenters. The Morgan fingerprint density at radius 3 is 2.72 bits per heavy atom. The van der Waals surface area contributed by atoms with E-state index >= 15 is 0 Å². The molecule has 0 aliphatic rings. The highest BCUT2D eigenvalue weighted by molar-refractivity contribution is 7.99. The van der Waals surface area contributed by atoms with Crippen LogP contribution in [0.2, 0.25) is 0 Å². The number of carbonyl (C=O) groups excluding carboxylic acids is 1. The minimum Gasteiger partial charge on any atom is -0.360 e. The van der Waals surface area contributed by atoms with Gasteiger partial charge in [-0.3, -0.25) is 14.9 Å². The number of H-pyrrole nitrogens is 1. The standard InChI is InChI=1S/C18H17N3O3S/c1-12-2-5-14(6-3-12)25-9-8-19-18(22)16-11-20-17-7-4-13(21(23)24)10-15(16)17/h2-7,10-11,20H,8-9H2,1H3,(H,19,22). The van der Waals surface area contributed by atoms with Gasteiger partial charge in [0.15, 0.2) is 0 Å². The smallest absolute Gasteiger partial charge is 0.270 e. The fourth-order valence-electron chi connectivity index (χ4n) is 2.47. The van der Waals surface area contributed by atoms with Gasteiger partial charge >= 0.3 is 0 Å². The minimum atomic E-state index is -0.466. The SMILES string of the molecule is Cc1ccc(SCCNC(=O)c2c[nH]c3ccc([N+](=O)[O-])cc23)cc1. The molecule has 6 nitrogen and oxygen atoms in total. The number of carbonyl (C=O) groups is 1. The number of hydrogen-bond donors (Lipinski definition) is 2. The van der Waals surface area contributed by atoms with Crippen molar-refractivity contribution in [2.24, 2.45) is 0 Å². The summed E-state index contributed by atoms with van der Waals surface area (Å²) >= 11 is 1.67. The lowest BCUT2D eigenvalue weighted by Crippen LogP contribution is -2.25. The molecule has 2 N–H and O–H groups in total. The van der Waals surface area contributed by atoms with Crippen molar-refractivity contribution in [2.75, 3.05) is 12.3 Å².